The highest BCUT2D eigenvalue weighted by Gasteiger charge is 2.46. The molecule has 2 aliphatic rings. The molecule has 0 spiro atoms. The topological polar surface area (TPSA) is 340 Å². The molecule has 1 aromatic rings. The van der Waals surface area contributed by atoms with Gasteiger partial charge in [0.05, 0.1) is 30.8 Å². The third-order valence-corrected chi connectivity index (χ3v) is 12.2. The number of aliphatic carboxylic acids is 1. The summed E-state index contributed by atoms with van der Waals surface area (Å²) in [6, 6.07) is 0.344. The number of benzene rings is 1. The summed E-state index contributed by atoms with van der Waals surface area (Å²) in [7, 11) is 0. The van der Waals surface area contributed by atoms with Gasteiger partial charge in [-0.25, -0.2) is 4.79 Å². The first kappa shape index (κ1) is 54.5. The first-order valence-corrected chi connectivity index (χ1v) is 22.7. The van der Waals surface area contributed by atoms with E-state index in [1.165, 1.54) is 23.6 Å². The molecule has 1 aromatic carbocycles. The molecule has 2 saturated heterocycles. The van der Waals surface area contributed by atoms with Gasteiger partial charge >= 0.3 is 11.9 Å². The number of ether oxygens (including phenoxy) is 1. The van der Waals surface area contributed by atoms with Crippen LogP contribution in [0, 0.1) is 11.8 Å². The van der Waals surface area contributed by atoms with Crippen molar-refractivity contribution in [3.63, 3.8) is 0 Å². The first-order chi connectivity index (χ1) is 30.9. The monoisotopic (exact) mass is 946 g/mol. The molecular weight excluding hydrogens is 881 g/mol. The highest BCUT2D eigenvalue weighted by atomic mass is 32.2. The summed E-state index contributed by atoms with van der Waals surface area (Å²) in [6.07, 6.45) is 0.606. The number of carbonyl (C=O) groups is 10. The Morgan fingerprint density at radius 1 is 0.879 bits per heavy atom. The van der Waals surface area contributed by atoms with Crippen LogP contribution in [0.25, 0.3) is 0 Å². The predicted molar refractivity (Wildman–Crippen MR) is 241 cm³/mol. The number of likely N-dealkylation sites (tertiary alicyclic amines) is 1. The minimum atomic E-state index is -1.75. The maximum Gasteiger partial charge on any atom is 0.326 e. The van der Waals surface area contributed by atoms with Gasteiger partial charge in [0.1, 0.15) is 42.9 Å². The average Bonchev–Trinajstić information content (AvgIpc) is 3.85. The van der Waals surface area contributed by atoms with Crippen LogP contribution in [0.5, 0.6) is 0 Å². The molecule has 23 heteroatoms. The van der Waals surface area contributed by atoms with E-state index in [-0.39, 0.29) is 31.3 Å². The number of primary amides is 1. The second kappa shape index (κ2) is 25.2. The zero-order chi connectivity index (χ0) is 49.5. The van der Waals surface area contributed by atoms with Crippen molar-refractivity contribution in [3.05, 3.63) is 35.9 Å². The van der Waals surface area contributed by atoms with Gasteiger partial charge in [-0.15, -0.1) is 11.8 Å². The number of nitrogens with zero attached hydrogens (tertiary/aromatic N) is 1. The molecule has 8 amide bonds. The second-order valence-electron chi connectivity index (χ2n) is 17.7. The van der Waals surface area contributed by atoms with Crippen LogP contribution in [-0.4, -0.2) is 148 Å². The molecule has 8 atom stereocenters. The zero-order valence-electron chi connectivity index (χ0n) is 38.5. The summed E-state index contributed by atoms with van der Waals surface area (Å²) in [5.41, 5.74) is 12.3. The van der Waals surface area contributed by atoms with Crippen LogP contribution in [0.3, 0.4) is 0 Å². The van der Waals surface area contributed by atoms with E-state index in [2.05, 4.69) is 37.2 Å². The Morgan fingerprint density at radius 3 is 2.14 bits per heavy atom. The standard InChI is InChI=1S/C43H66N10O12S/c1-22(2)16-26(44)40(61)53-15-11-14-29(53)39(60)48-24(5)36(57)50-28(38(59)49-27(18-30(45)54)37(58)47-19-32(56)51-34(23(3)4)41(62)63)21-65-42(64)35-43(6,7)66-33(52-35)20-46-31(55)17-25-12-9-8-10-13-25/h8-10,12-13,22-24,26-29,33-35,52H,11,14-21,44H2,1-7H3,(H2,45,54)(H,46,55)(H,47,58)(H,48,60)(H,49,59)(H,50,57)(H,51,56)(H,62,63)/t24-,26-,27-,28-,29-,33+,34+,35-/m0/s1. The molecule has 0 aromatic heterocycles. The van der Waals surface area contributed by atoms with Crippen LogP contribution in [0.1, 0.15) is 79.7 Å². The van der Waals surface area contributed by atoms with Gasteiger partial charge in [-0.05, 0) is 57.4 Å². The van der Waals surface area contributed by atoms with E-state index in [9.17, 15) is 53.1 Å². The highest BCUT2D eigenvalue weighted by molar-refractivity contribution is 8.01. The van der Waals surface area contributed by atoms with Crippen LogP contribution in [0.15, 0.2) is 30.3 Å². The van der Waals surface area contributed by atoms with Crippen molar-refractivity contribution in [2.45, 2.75) is 133 Å². The second-order valence-corrected chi connectivity index (χ2v) is 19.6. The van der Waals surface area contributed by atoms with Crippen molar-refractivity contribution in [3.8, 4) is 0 Å². The Bertz CT molecular complexity index is 1940. The van der Waals surface area contributed by atoms with Gasteiger partial charge in [-0.1, -0.05) is 58.0 Å². The first-order valence-electron chi connectivity index (χ1n) is 21.9. The fraction of sp³-hybridized carbons (Fsp3) is 0.628. The summed E-state index contributed by atoms with van der Waals surface area (Å²) < 4.78 is 4.80. The van der Waals surface area contributed by atoms with E-state index < -0.39 is 131 Å². The molecule has 0 radical (unpaired) electrons. The molecule has 2 aliphatic heterocycles. The SMILES string of the molecule is CC(C)C[C@H](N)C(=O)N1CCC[C@H]1C(=O)N[C@@H](C)C(=O)N[C@@H](COC(=O)[C@@H]1N[C@@H](CNC(=O)Cc2ccccc2)SC1(C)C)C(=O)N[C@@H](CC(N)=O)C(=O)NCC(=O)N[C@@H](C(=O)O)C(C)C. The summed E-state index contributed by atoms with van der Waals surface area (Å²) in [4.78, 5) is 131. The number of carboxylic acids is 1. The molecule has 0 unspecified atom stereocenters. The number of carbonyl (C=O) groups excluding carboxylic acids is 9. The fourth-order valence-corrected chi connectivity index (χ4v) is 8.70. The number of rotatable bonds is 24. The number of nitrogens with two attached hydrogens (primary N) is 2. The molecule has 12 N–H and O–H groups in total. The Hall–Kier alpha value is -5.81. The van der Waals surface area contributed by atoms with Crippen molar-refractivity contribution in [1.82, 2.24) is 42.1 Å². The van der Waals surface area contributed by atoms with Gasteiger partial charge in [0.25, 0.3) is 0 Å². The third kappa shape index (κ3) is 16.9. The number of esters is 1. The molecule has 0 aliphatic carbocycles. The lowest BCUT2D eigenvalue weighted by Gasteiger charge is -2.29. The van der Waals surface area contributed by atoms with Gasteiger partial charge in [0.2, 0.25) is 47.3 Å². The number of hydrogen-bond acceptors (Lipinski definition) is 14. The minimum Gasteiger partial charge on any atom is -0.480 e. The van der Waals surface area contributed by atoms with Crippen molar-refractivity contribution in [2.24, 2.45) is 23.3 Å². The molecule has 22 nitrogen and oxygen atoms in total. The zero-order valence-corrected chi connectivity index (χ0v) is 39.3. The quantitative estimate of drug-likeness (QED) is 0.0490. The van der Waals surface area contributed by atoms with Crippen LogP contribution in [0.2, 0.25) is 0 Å². The fourth-order valence-electron chi connectivity index (χ4n) is 7.30. The number of amides is 8. The molecular formula is C43H66N10O12S. The third-order valence-electron chi connectivity index (χ3n) is 10.8. The van der Waals surface area contributed by atoms with Crippen LogP contribution in [-0.2, 0) is 59.1 Å². The van der Waals surface area contributed by atoms with Crippen LogP contribution < -0.4 is 48.7 Å². The molecule has 366 valence electrons. The molecule has 3 rings (SSSR count). The van der Waals surface area contributed by atoms with Crippen molar-refractivity contribution < 1.29 is 57.8 Å². The number of carboxylic acid groups (broad SMARTS) is 1. The van der Waals surface area contributed by atoms with E-state index in [4.69, 9.17) is 16.2 Å². The number of hydrogen-bond donors (Lipinski definition) is 10. The van der Waals surface area contributed by atoms with Crippen LogP contribution in [0.4, 0.5) is 0 Å². The van der Waals surface area contributed by atoms with E-state index >= 15 is 0 Å². The summed E-state index contributed by atoms with van der Waals surface area (Å²) in [5, 5.41) is 26.7. The smallest absolute Gasteiger partial charge is 0.326 e. The molecule has 0 bridgehead atoms. The maximum atomic E-state index is 13.9. The average molecular weight is 947 g/mol. The summed E-state index contributed by atoms with van der Waals surface area (Å²) >= 11 is 1.37. The number of nitrogens with one attached hydrogen (secondary N) is 7. The van der Waals surface area contributed by atoms with Gasteiger partial charge in [-0.3, -0.25) is 48.5 Å². The Balaban J connectivity index is 1.76. The van der Waals surface area contributed by atoms with Crippen molar-refractivity contribution in [1.29, 1.82) is 0 Å². The molecule has 2 fully saturated rings. The Morgan fingerprint density at radius 2 is 1.53 bits per heavy atom. The predicted octanol–water partition coefficient (Wildman–Crippen LogP) is -2.25. The van der Waals surface area contributed by atoms with Crippen molar-refractivity contribution in [2.75, 3.05) is 26.2 Å². The summed E-state index contributed by atoms with van der Waals surface area (Å²) in [6.45, 7) is 10.7. The van der Waals surface area contributed by atoms with E-state index in [1.54, 1.807) is 27.7 Å². The van der Waals surface area contributed by atoms with Crippen LogP contribution >= 0.6 is 11.8 Å². The lowest BCUT2D eigenvalue weighted by atomic mass is 10.0. The number of thioether (sulfide) groups is 1. The van der Waals surface area contributed by atoms with Gasteiger partial charge in [-0.2, -0.15) is 0 Å². The van der Waals surface area contributed by atoms with E-state index in [1.807, 2.05) is 44.2 Å². The Kier molecular flexibility index (Phi) is 20.8. The summed E-state index contributed by atoms with van der Waals surface area (Å²) in [5.74, 6) is -8.86. The van der Waals surface area contributed by atoms with E-state index in [0.29, 0.717) is 19.3 Å². The Labute approximate surface area is 388 Å². The normalized spacial score (nSPS) is 19.9. The van der Waals surface area contributed by atoms with Gasteiger partial charge in [0.15, 0.2) is 0 Å². The lowest BCUT2D eigenvalue weighted by molar-refractivity contribution is -0.149. The van der Waals surface area contributed by atoms with E-state index in [0.717, 1.165) is 5.56 Å². The lowest BCUT2D eigenvalue weighted by Crippen LogP contribution is -2.60. The van der Waals surface area contributed by atoms with Crippen molar-refractivity contribution >= 4 is 71.0 Å². The minimum absolute atomic E-state index is 0.128. The van der Waals surface area contributed by atoms with Gasteiger partial charge in [0, 0.05) is 17.8 Å². The molecule has 66 heavy (non-hydrogen) atoms. The maximum absolute atomic E-state index is 13.9. The highest BCUT2D eigenvalue weighted by Crippen LogP contribution is 2.38. The molecule has 2 heterocycles. The largest absolute Gasteiger partial charge is 0.480 e. The molecule has 0 saturated carbocycles. The van der Waals surface area contributed by atoms with Gasteiger partial charge < -0.3 is 58.1 Å².